The zero-order chi connectivity index (χ0) is 25.8. The highest BCUT2D eigenvalue weighted by Gasteiger charge is 2.44. The lowest BCUT2D eigenvalue weighted by atomic mass is 9.76. The summed E-state index contributed by atoms with van der Waals surface area (Å²) in [5.74, 6) is -0.602. The minimum absolute atomic E-state index is 0.262. The molecule has 0 fully saturated rings. The van der Waals surface area contributed by atoms with Gasteiger partial charge in [0.15, 0.2) is 0 Å². The van der Waals surface area contributed by atoms with Crippen LogP contribution in [0.5, 0.6) is 5.75 Å². The van der Waals surface area contributed by atoms with Crippen molar-refractivity contribution in [2.45, 2.75) is 32.0 Å². The molecule has 1 unspecified atom stereocenters. The number of hydrogen-bond donors (Lipinski definition) is 1. The third kappa shape index (κ3) is 5.43. The number of carbonyl (C=O) groups excluding carboxylic acids is 1. The van der Waals surface area contributed by atoms with Crippen LogP contribution in [0.25, 0.3) is 0 Å². The quantitative estimate of drug-likeness (QED) is 0.314. The summed E-state index contributed by atoms with van der Waals surface area (Å²) in [6.07, 6.45) is -0.943. The Morgan fingerprint density at radius 3 is 2.36 bits per heavy atom. The molecular formula is C28H26F3N3O2. The summed E-state index contributed by atoms with van der Waals surface area (Å²) in [7, 11) is 0. The van der Waals surface area contributed by atoms with Crippen molar-refractivity contribution in [3.63, 3.8) is 0 Å². The number of hydrazone groups is 1. The van der Waals surface area contributed by atoms with Crippen molar-refractivity contribution in [2.75, 3.05) is 11.4 Å². The van der Waals surface area contributed by atoms with Crippen LogP contribution in [-0.2, 0) is 11.8 Å². The molecule has 0 aromatic heterocycles. The molecule has 1 amide bonds. The number of ether oxygens (including phenoxy) is 1. The smallest absolute Gasteiger partial charge is 0.406 e. The highest BCUT2D eigenvalue weighted by molar-refractivity contribution is 5.94. The monoisotopic (exact) mass is 493 g/mol. The predicted molar refractivity (Wildman–Crippen MR) is 134 cm³/mol. The third-order valence-electron chi connectivity index (χ3n) is 6.17. The van der Waals surface area contributed by atoms with Crippen molar-refractivity contribution in [2.24, 2.45) is 5.10 Å². The number of hydrogen-bond acceptors (Lipinski definition) is 4. The number of alkyl halides is 3. The molecule has 4 rings (SSSR count). The van der Waals surface area contributed by atoms with Gasteiger partial charge in [-0.15, -0.1) is 13.2 Å². The normalized spacial score (nSPS) is 18.5. The molecule has 186 valence electrons. The molecule has 1 N–H and O–H groups in total. The van der Waals surface area contributed by atoms with Gasteiger partial charge in [-0.05, 0) is 67.8 Å². The van der Waals surface area contributed by atoms with Crippen LogP contribution in [-0.4, -0.2) is 25.0 Å². The first-order valence-corrected chi connectivity index (χ1v) is 11.5. The Morgan fingerprint density at radius 1 is 1.06 bits per heavy atom. The van der Waals surface area contributed by atoms with Crippen molar-refractivity contribution in [3.8, 4) is 5.75 Å². The molecule has 0 radical (unpaired) electrons. The fourth-order valence-electron chi connectivity index (χ4n) is 4.62. The fourth-order valence-corrected chi connectivity index (χ4v) is 4.62. The number of fused-ring (bicyclic) bond motifs is 1. The molecule has 36 heavy (non-hydrogen) atoms. The zero-order valence-corrected chi connectivity index (χ0v) is 19.9. The van der Waals surface area contributed by atoms with Gasteiger partial charge in [0.1, 0.15) is 5.75 Å². The van der Waals surface area contributed by atoms with Crippen molar-refractivity contribution in [1.82, 2.24) is 5.43 Å². The number of nitrogens with one attached hydrogen (secondary N) is 1. The van der Waals surface area contributed by atoms with E-state index in [1.54, 1.807) is 36.4 Å². The maximum absolute atomic E-state index is 12.9. The van der Waals surface area contributed by atoms with Crippen LogP contribution in [0.15, 0.2) is 95.7 Å². The molecule has 3 aromatic rings. The maximum Gasteiger partial charge on any atom is 0.573 e. The van der Waals surface area contributed by atoms with Crippen molar-refractivity contribution in [1.29, 1.82) is 0 Å². The van der Waals surface area contributed by atoms with Gasteiger partial charge in [-0.25, -0.2) is 5.43 Å². The summed E-state index contributed by atoms with van der Waals surface area (Å²) < 4.78 is 43.1. The van der Waals surface area contributed by atoms with E-state index in [1.807, 2.05) is 55.1 Å². The van der Waals surface area contributed by atoms with Crippen LogP contribution in [0.4, 0.5) is 18.9 Å². The first-order chi connectivity index (χ1) is 17.2. The van der Waals surface area contributed by atoms with Crippen LogP contribution in [0.3, 0.4) is 0 Å². The Balaban J connectivity index is 1.70. The summed E-state index contributed by atoms with van der Waals surface area (Å²) in [4.78, 5) is 14.3. The van der Waals surface area contributed by atoms with Gasteiger partial charge in [-0.3, -0.25) is 4.79 Å². The van der Waals surface area contributed by atoms with Gasteiger partial charge in [0.2, 0.25) is 0 Å². The number of nitrogens with zero attached hydrogens (tertiary/aromatic N) is 2. The van der Waals surface area contributed by atoms with E-state index in [2.05, 4.69) is 15.3 Å². The fraction of sp³-hybridized carbons (Fsp3) is 0.214. The van der Waals surface area contributed by atoms with Crippen LogP contribution < -0.4 is 15.1 Å². The number of rotatable bonds is 7. The summed E-state index contributed by atoms with van der Waals surface area (Å²) in [5, 5.41) is 4.08. The second-order valence-electron chi connectivity index (χ2n) is 8.60. The lowest BCUT2D eigenvalue weighted by molar-refractivity contribution is -0.274. The van der Waals surface area contributed by atoms with Gasteiger partial charge in [-0.1, -0.05) is 48.5 Å². The van der Waals surface area contributed by atoms with Gasteiger partial charge < -0.3 is 9.64 Å². The predicted octanol–water partition coefficient (Wildman–Crippen LogP) is 6.23. The molecule has 0 saturated heterocycles. The second kappa shape index (κ2) is 10.3. The minimum atomic E-state index is -4.78. The van der Waals surface area contributed by atoms with Crippen LogP contribution >= 0.6 is 0 Å². The lowest BCUT2D eigenvalue weighted by Gasteiger charge is -2.30. The Labute approximate surface area is 207 Å². The van der Waals surface area contributed by atoms with E-state index in [0.29, 0.717) is 18.5 Å². The van der Waals surface area contributed by atoms with Gasteiger partial charge in [0, 0.05) is 35.1 Å². The van der Waals surface area contributed by atoms with Crippen LogP contribution in [0.1, 0.15) is 35.3 Å². The van der Waals surface area contributed by atoms with E-state index in [1.165, 1.54) is 18.3 Å². The number of allylic oxidation sites excluding steroid dienone is 2. The SMILES string of the molecule is CCN1/C(=C\C=N\NC(=O)c2ccccc2)C(C)(Cc2ccccc2)c2cc(OC(F)(F)F)ccc21. The largest absolute Gasteiger partial charge is 0.573 e. The zero-order valence-electron chi connectivity index (χ0n) is 19.9. The van der Waals surface area contributed by atoms with Crippen molar-refractivity contribution in [3.05, 3.63) is 107 Å². The molecule has 1 heterocycles. The van der Waals surface area contributed by atoms with Crippen LogP contribution in [0.2, 0.25) is 0 Å². The Bertz CT molecular complexity index is 1270. The first kappa shape index (κ1) is 25.0. The number of likely N-dealkylation sites (N-methyl/N-ethyl adjacent to an activating group) is 1. The maximum atomic E-state index is 12.9. The molecular weight excluding hydrogens is 467 g/mol. The van der Waals surface area contributed by atoms with Crippen molar-refractivity contribution < 1.29 is 22.7 Å². The van der Waals surface area contributed by atoms with E-state index in [-0.39, 0.29) is 11.7 Å². The van der Waals surface area contributed by atoms with Gasteiger partial charge >= 0.3 is 6.36 Å². The average Bonchev–Trinajstić information content (AvgIpc) is 3.08. The van der Waals surface area contributed by atoms with Crippen LogP contribution in [0, 0.1) is 0 Å². The molecule has 0 bridgehead atoms. The standard InChI is InChI=1S/C28H26F3N3O2/c1-3-34-24-15-14-22(36-28(29,30)31)18-23(24)27(2,19-20-10-6-4-7-11-20)25(34)16-17-32-33-26(35)21-12-8-5-9-13-21/h4-18H,3,19H2,1-2H3,(H,33,35)/b25-16-,32-17+. The van der Waals surface area contributed by atoms with Crippen molar-refractivity contribution >= 4 is 17.8 Å². The molecule has 0 spiro atoms. The Kier molecular flexibility index (Phi) is 7.15. The highest BCUT2D eigenvalue weighted by Crippen LogP contribution is 2.50. The van der Waals surface area contributed by atoms with E-state index in [9.17, 15) is 18.0 Å². The first-order valence-electron chi connectivity index (χ1n) is 11.5. The number of anilines is 1. The second-order valence-corrected chi connectivity index (χ2v) is 8.60. The van der Waals surface area contributed by atoms with E-state index < -0.39 is 11.8 Å². The molecule has 1 atom stereocenters. The molecule has 3 aromatic carbocycles. The lowest BCUT2D eigenvalue weighted by Crippen LogP contribution is -2.31. The number of amides is 1. The van der Waals surface area contributed by atoms with Gasteiger partial charge in [0.25, 0.3) is 5.91 Å². The Hall–Kier alpha value is -4.07. The summed E-state index contributed by atoms with van der Waals surface area (Å²) in [6.45, 7) is 4.56. The van der Waals surface area contributed by atoms with Gasteiger partial charge in [-0.2, -0.15) is 5.10 Å². The molecule has 1 aliphatic rings. The van der Waals surface area contributed by atoms with Gasteiger partial charge in [0.05, 0.1) is 0 Å². The number of halogens is 3. The van der Waals surface area contributed by atoms with E-state index in [4.69, 9.17) is 0 Å². The molecule has 8 heteroatoms. The Morgan fingerprint density at radius 2 is 1.72 bits per heavy atom. The molecule has 0 saturated carbocycles. The minimum Gasteiger partial charge on any atom is -0.406 e. The molecule has 0 aliphatic carbocycles. The van der Waals surface area contributed by atoms with E-state index in [0.717, 1.165) is 22.5 Å². The summed E-state index contributed by atoms with van der Waals surface area (Å²) >= 11 is 0. The third-order valence-corrected chi connectivity index (χ3v) is 6.17. The summed E-state index contributed by atoms with van der Waals surface area (Å²) in [5.41, 5.74) is 5.74. The average molecular weight is 494 g/mol. The number of benzene rings is 3. The summed E-state index contributed by atoms with van der Waals surface area (Å²) in [6, 6.07) is 22.9. The molecule has 5 nitrogen and oxygen atoms in total. The number of carbonyl (C=O) groups is 1. The van der Waals surface area contributed by atoms with E-state index >= 15 is 0 Å². The topological polar surface area (TPSA) is 53.9 Å². The molecule has 1 aliphatic heterocycles. The highest BCUT2D eigenvalue weighted by atomic mass is 19.4.